The van der Waals surface area contributed by atoms with Crippen LogP contribution < -0.4 is 4.90 Å². The largest absolute Gasteiger partial charge is 0.362 e. The first-order valence-electron chi connectivity index (χ1n) is 5.85. The van der Waals surface area contributed by atoms with Gasteiger partial charge in [-0.1, -0.05) is 24.3 Å². The summed E-state index contributed by atoms with van der Waals surface area (Å²) < 4.78 is 0. The Morgan fingerprint density at radius 3 is 2.67 bits per heavy atom. The molecule has 3 aromatic rings. The highest BCUT2D eigenvalue weighted by Gasteiger charge is 2.08. The molecule has 0 aliphatic heterocycles. The molecule has 0 spiro atoms. The van der Waals surface area contributed by atoms with Crippen molar-refractivity contribution in [2.45, 2.75) is 0 Å². The molecular weight excluding hydrogens is 240 g/mol. The normalized spacial score (nSPS) is 10.8. The zero-order chi connectivity index (χ0) is 12.5. The van der Waals surface area contributed by atoms with E-state index in [9.17, 15) is 0 Å². The lowest BCUT2D eigenvalue weighted by Crippen LogP contribution is -2.11. The van der Waals surface area contributed by atoms with Crippen LogP contribution in [0.2, 0.25) is 0 Å². The number of anilines is 1. The average molecular weight is 254 g/mol. The molecule has 0 atom stereocenters. The van der Waals surface area contributed by atoms with Crippen LogP contribution in [0.15, 0.2) is 47.2 Å². The van der Waals surface area contributed by atoms with Crippen molar-refractivity contribution >= 4 is 27.9 Å². The summed E-state index contributed by atoms with van der Waals surface area (Å²) in [6, 6.07) is 12.7. The SMILES string of the molecule is CN(C)c1nc(-c2ccsc2)cc2ccccc12. The minimum atomic E-state index is 1.02. The zero-order valence-corrected chi connectivity index (χ0v) is 11.2. The average Bonchev–Trinajstić information content (AvgIpc) is 2.91. The smallest absolute Gasteiger partial charge is 0.136 e. The summed E-state index contributed by atoms with van der Waals surface area (Å²) in [6.07, 6.45) is 0. The van der Waals surface area contributed by atoms with Gasteiger partial charge in [0.2, 0.25) is 0 Å². The molecule has 0 saturated carbocycles. The first-order valence-corrected chi connectivity index (χ1v) is 6.79. The minimum absolute atomic E-state index is 1.02. The van der Waals surface area contributed by atoms with Crippen LogP contribution in [0.4, 0.5) is 5.82 Å². The number of benzene rings is 1. The Kier molecular flexibility index (Phi) is 2.76. The summed E-state index contributed by atoms with van der Waals surface area (Å²) in [5.41, 5.74) is 2.23. The van der Waals surface area contributed by atoms with E-state index >= 15 is 0 Å². The zero-order valence-electron chi connectivity index (χ0n) is 10.4. The van der Waals surface area contributed by atoms with Gasteiger partial charge in [-0.3, -0.25) is 0 Å². The molecule has 0 aliphatic rings. The van der Waals surface area contributed by atoms with Crippen molar-refractivity contribution in [3.8, 4) is 11.3 Å². The van der Waals surface area contributed by atoms with E-state index in [0.717, 1.165) is 11.5 Å². The number of hydrogen-bond acceptors (Lipinski definition) is 3. The van der Waals surface area contributed by atoms with Gasteiger partial charge in [-0.2, -0.15) is 11.3 Å². The first kappa shape index (κ1) is 11.2. The summed E-state index contributed by atoms with van der Waals surface area (Å²) in [5, 5.41) is 6.65. The van der Waals surface area contributed by atoms with Crippen molar-refractivity contribution in [3.63, 3.8) is 0 Å². The molecule has 3 rings (SSSR count). The molecule has 0 bridgehead atoms. The van der Waals surface area contributed by atoms with E-state index in [2.05, 4.69) is 52.1 Å². The third-order valence-corrected chi connectivity index (χ3v) is 3.64. The molecule has 3 heteroatoms. The van der Waals surface area contributed by atoms with Crippen LogP contribution in [0.1, 0.15) is 0 Å². The van der Waals surface area contributed by atoms with Crippen LogP contribution in [-0.2, 0) is 0 Å². The number of aromatic nitrogens is 1. The Labute approximate surface area is 111 Å². The molecule has 2 aromatic heterocycles. The van der Waals surface area contributed by atoms with Gasteiger partial charge in [-0.05, 0) is 22.9 Å². The second-order valence-electron chi connectivity index (χ2n) is 4.46. The molecule has 0 N–H and O–H groups in total. The Balaban J connectivity index is 2.30. The Morgan fingerprint density at radius 2 is 1.94 bits per heavy atom. The van der Waals surface area contributed by atoms with Crippen molar-refractivity contribution in [2.75, 3.05) is 19.0 Å². The lowest BCUT2D eigenvalue weighted by molar-refractivity contribution is 1.08. The van der Waals surface area contributed by atoms with E-state index in [0.29, 0.717) is 0 Å². The third-order valence-electron chi connectivity index (χ3n) is 2.96. The van der Waals surface area contributed by atoms with Crippen LogP contribution in [0, 0.1) is 0 Å². The van der Waals surface area contributed by atoms with Gasteiger partial charge in [-0.15, -0.1) is 0 Å². The van der Waals surface area contributed by atoms with Gasteiger partial charge >= 0.3 is 0 Å². The summed E-state index contributed by atoms with van der Waals surface area (Å²) in [4.78, 5) is 6.84. The minimum Gasteiger partial charge on any atom is -0.362 e. The van der Waals surface area contributed by atoms with Gasteiger partial charge < -0.3 is 4.90 Å². The molecule has 0 fully saturated rings. The van der Waals surface area contributed by atoms with Gasteiger partial charge in [0, 0.05) is 30.4 Å². The van der Waals surface area contributed by atoms with Crippen LogP contribution >= 0.6 is 11.3 Å². The van der Waals surface area contributed by atoms with Crippen LogP contribution in [0.3, 0.4) is 0 Å². The molecule has 2 heterocycles. The molecular formula is C15H14N2S. The standard InChI is InChI=1S/C15H14N2S/c1-17(2)15-13-6-4-3-5-11(13)9-14(16-15)12-7-8-18-10-12/h3-10H,1-2H3. The maximum absolute atomic E-state index is 4.78. The molecule has 0 amide bonds. The van der Waals surface area contributed by atoms with Gasteiger partial charge in [0.05, 0.1) is 5.69 Å². The highest BCUT2D eigenvalue weighted by atomic mass is 32.1. The highest BCUT2D eigenvalue weighted by molar-refractivity contribution is 7.08. The number of pyridine rings is 1. The van der Waals surface area contributed by atoms with Crippen LogP contribution in [0.5, 0.6) is 0 Å². The van der Waals surface area contributed by atoms with Gasteiger partial charge in [0.1, 0.15) is 5.82 Å². The number of rotatable bonds is 2. The molecule has 2 nitrogen and oxygen atoms in total. The van der Waals surface area contributed by atoms with Gasteiger partial charge in [0.15, 0.2) is 0 Å². The Morgan fingerprint density at radius 1 is 1.11 bits per heavy atom. The first-order chi connectivity index (χ1) is 8.75. The van der Waals surface area contributed by atoms with E-state index in [1.807, 2.05) is 14.1 Å². The molecule has 0 aliphatic carbocycles. The Bertz CT molecular complexity index is 672. The second kappa shape index (κ2) is 4.42. The molecule has 90 valence electrons. The quantitative estimate of drug-likeness (QED) is 0.686. The maximum Gasteiger partial charge on any atom is 0.136 e. The van der Waals surface area contributed by atoms with E-state index in [-0.39, 0.29) is 0 Å². The highest BCUT2D eigenvalue weighted by Crippen LogP contribution is 2.29. The molecule has 0 radical (unpaired) electrons. The van der Waals surface area contributed by atoms with Crippen molar-refractivity contribution in [2.24, 2.45) is 0 Å². The summed E-state index contributed by atoms with van der Waals surface area (Å²) in [5.74, 6) is 1.02. The van der Waals surface area contributed by atoms with Crippen molar-refractivity contribution in [1.29, 1.82) is 0 Å². The summed E-state index contributed by atoms with van der Waals surface area (Å²) in [6.45, 7) is 0. The van der Waals surface area contributed by atoms with Crippen molar-refractivity contribution < 1.29 is 0 Å². The second-order valence-corrected chi connectivity index (χ2v) is 5.24. The van der Waals surface area contributed by atoms with Gasteiger partial charge in [-0.25, -0.2) is 4.98 Å². The van der Waals surface area contributed by atoms with E-state index in [4.69, 9.17) is 4.98 Å². The van der Waals surface area contributed by atoms with Gasteiger partial charge in [0.25, 0.3) is 0 Å². The predicted octanol–water partition coefficient (Wildman–Crippen LogP) is 4.03. The van der Waals surface area contributed by atoms with Crippen molar-refractivity contribution in [3.05, 3.63) is 47.2 Å². The monoisotopic (exact) mass is 254 g/mol. The van der Waals surface area contributed by atoms with E-state index in [1.165, 1.54) is 16.3 Å². The van der Waals surface area contributed by atoms with E-state index < -0.39 is 0 Å². The number of nitrogens with zero attached hydrogens (tertiary/aromatic N) is 2. The molecule has 0 saturated heterocycles. The van der Waals surface area contributed by atoms with Crippen LogP contribution in [-0.4, -0.2) is 19.1 Å². The summed E-state index contributed by atoms with van der Waals surface area (Å²) in [7, 11) is 4.07. The number of hydrogen-bond donors (Lipinski definition) is 0. The Hall–Kier alpha value is -1.87. The topological polar surface area (TPSA) is 16.1 Å². The lowest BCUT2D eigenvalue weighted by Gasteiger charge is -2.15. The van der Waals surface area contributed by atoms with E-state index in [1.54, 1.807) is 11.3 Å². The maximum atomic E-state index is 4.78. The molecule has 18 heavy (non-hydrogen) atoms. The molecule has 0 unspecified atom stereocenters. The summed E-state index contributed by atoms with van der Waals surface area (Å²) >= 11 is 1.70. The predicted molar refractivity (Wildman–Crippen MR) is 79.4 cm³/mol. The number of thiophene rings is 1. The van der Waals surface area contributed by atoms with Crippen molar-refractivity contribution in [1.82, 2.24) is 4.98 Å². The fourth-order valence-corrected chi connectivity index (χ4v) is 2.73. The van der Waals surface area contributed by atoms with Crippen LogP contribution in [0.25, 0.3) is 22.0 Å². The lowest BCUT2D eigenvalue weighted by atomic mass is 10.1. The number of fused-ring (bicyclic) bond motifs is 1. The third kappa shape index (κ3) is 1.87. The fourth-order valence-electron chi connectivity index (χ4n) is 2.08. The fraction of sp³-hybridized carbons (Fsp3) is 0.133. The molecule has 1 aromatic carbocycles.